The topological polar surface area (TPSA) is 156 Å². The molecule has 0 aromatic rings. The zero-order chi connectivity index (χ0) is 26.8. The second-order valence-electron chi connectivity index (χ2n) is 7.89. The zero-order valence-corrected chi connectivity index (χ0v) is 24.3. The average Bonchev–Trinajstić information content (AvgIpc) is 2.83. The summed E-state index contributed by atoms with van der Waals surface area (Å²) in [5.74, 6) is 0. The summed E-state index contributed by atoms with van der Waals surface area (Å²) < 4.78 is 0. The van der Waals surface area contributed by atoms with Crippen molar-refractivity contribution in [2.75, 3.05) is 39.3 Å². The minimum absolute atomic E-state index is 0. The van der Waals surface area contributed by atoms with Crippen LogP contribution in [0.2, 0.25) is 0 Å². The van der Waals surface area contributed by atoms with E-state index >= 15 is 0 Å². The Morgan fingerprint density at radius 2 is 0.500 bits per heavy atom. The lowest BCUT2D eigenvalue weighted by molar-refractivity contribution is 0.638. The quantitative estimate of drug-likeness (QED) is 0.146. The fourth-order valence-corrected chi connectivity index (χ4v) is 1.92. The fourth-order valence-electron chi connectivity index (χ4n) is 1.92. The van der Waals surface area contributed by atoms with Crippen LogP contribution in [0.1, 0.15) is 145 Å². The van der Waals surface area contributed by atoms with Crippen LogP contribution in [0.5, 0.6) is 0 Å². The van der Waals surface area contributed by atoms with E-state index in [9.17, 15) is 0 Å². The molecular weight excluding hydrogens is 420 g/mol. The molecule has 6 heteroatoms. The maximum absolute atomic E-state index is 5.31. The highest BCUT2D eigenvalue weighted by Crippen LogP contribution is 2.00. The Kier molecular flexibility index (Phi) is 114. The van der Waals surface area contributed by atoms with Gasteiger partial charge in [-0.05, 0) is 71.4 Å². The summed E-state index contributed by atoms with van der Waals surface area (Å²) in [6.07, 6.45) is 19.0. The van der Waals surface area contributed by atoms with E-state index in [0.29, 0.717) is 0 Å². The van der Waals surface area contributed by atoms with Crippen LogP contribution in [0.25, 0.3) is 0 Å². The van der Waals surface area contributed by atoms with Gasteiger partial charge in [0.05, 0.1) is 0 Å². The van der Waals surface area contributed by atoms with Gasteiger partial charge < -0.3 is 34.4 Å². The third-order valence-electron chi connectivity index (χ3n) is 4.02. The van der Waals surface area contributed by atoms with E-state index in [1.807, 2.05) is 6.92 Å². The summed E-state index contributed by atoms with van der Waals surface area (Å²) in [6, 6.07) is 0. The molecule has 0 bridgehead atoms. The summed E-state index contributed by atoms with van der Waals surface area (Å²) in [5.41, 5.74) is 30.8. The van der Waals surface area contributed by atoms with Gasteiger partial charge in [0.2, 0.25) is 0 Å². The summed E-state index contributed by atoms with van der Waals surface area (Å²) in [4.78, 5) is 0. The second-order valence-corrected chi connectivity index (χ2v) is 7.89. The first-order valence-electron chi connectivity index (χ1n) is 14.2. The van der Waals surface area contributed by atoms with Crippen molar-refractivity contribution in [2.45, 2.75) is 145 Å². The Hall–Kier alpha value is -0.240. The molecule has 34 heavy (non-hydrogen) atoms. The SMILES string of the molecule is C.CCCCCCCN.CCCCCCN.CCCCCN.CCCCN.CCCN.CCN. The molecule has 0 aliphatic heterocycles. The molecule has 6 nitrogen and oxygen atoms in total. The Morgan fingerprint density at radius 1 is 0.294 bits per heavy atom. The van der Waals surface area contributed by atoms with Gasteiger partial charge in [-0.3, -0.25) is 0 Å². The molecule has 0 rings (SSSR count). The van der Waals surface area contributed by atoms with Crippen molar-refractivity contribution in [1.82, 2.24) is 0 Å². The maximum Gasteiger partial charge on any atom is -0.00773 e. The first-order chi connectivity index (χ1) is 16.0. The Labute approximate surface area is 219 Å². The molecule has 218 valence electrons. The largest absolute Gasteiger partial charge is 0.331 e. The zero-order valence-electron chi connectivity index (χ0n) is 24.3. The predicted molar refractivity (Wildman–Crippen MR) is 164 cm³/mol. The van der Waals surface area contributed by atoms with Gasteiger partial charge >= 0.3 is 0 Å². The van der Waals surface area contributed by atoms with Gasteiger partial charge in [0, 0.05) is 0 Å². The monoisotopic (exact) mass is 497 g/mol. The number of nitrogens with two attached hydrogens (primary N) is 6. The van der Waals surface area contributed by atoms with Gasteiger partial charge in [-0.25, -0.2) is 0 Å². The van der Waals surface area contributed by atoms with E-state index in [4.69, 9.17) is 34.4 Å². The number of unbranched alkanes of at least 4 members (excludes halogenated alkanes) is 10. The third-order valence-corrected chi connectivity index (χ3v) is 4.02. The first-order valence-corrected chi connectivity index (χ1v) is 14.2. The minimum atomic E-state index is 0. The molecule has 12 N–H and O–H groups in total. The van der Waals surface area contributed by atoms with Crippen molar-refractivity contribution in [1.29, 1.82) is 0 Å². The van der Waals surface area contributed by atoms with Crippen LogP contribution in [-0.4, -0.2) is 39.3 Å². The third kappa shape index (κ3) is 138. The van der Waals surface area contributed by atoms with E-state index in [1.54, 1.807) is 0 Å². The summed E-state index contributed by atoms with van der Waals surface area (Å²) in [6.45, 7) is 17.7. The standard InChI is InChI=1S/C7H17N.C6H15N.C5H13N.C4H11N.C3H9N.C2H7N.CH4/c1-2-3-4-5-6-7-8;1-2-3-4-5-6-7;1-2-3-4-5-6;1-2-3-4-5;1-2-3-4;1-2-3;/h2-8H2,1H3;2-7H2,1H3;2-6H2,1H3;2-5H2,1H3;2-4H2,1H3;2-3H2,1H3;1H4. The van der Waals surface area contributed by atoms with Crippen LogP contribution in [-0.2, 0) is 0 Å². The van der Waals surface area contributed by atoms with Gasteiger partial charge in [-0.15, -0.1) is 0 Å². The van der Waals surface area contributed by atoms with Gasteiger partial charge in [0.25, 0.3) is 0 Å². The predicted octanol–water partition coefficient (Wildman–Crippen LogP) is 6.28. The van der Waals surface area contributed by atoms with Gasteiger partial charge in [-0.1, -0.05) is 113 Å². The molecule has 0 radical (unpaired) electrons. The second kappa shape index (κ2) is 76.7. The minimum Gasteiger partial charge on any atom is -0.331 e. The molecule has 0 saturated heterocycles. The summed E-state index contributed by atoms with van der Waals surface area (Å²) >= 11 is 0. The molecule has 0 heterocycles. The Morgan fingerprint density at radius 3 is 0.676 bits per heavy atom. The van der Waals surface area contributed by atoms with E-state index in [-0.39, 0.29) is 7.43 Å². The molecule has 0 fully saturated rings. The van der Waals surface area contributed by atoms with Crippen LogP contribution in [0.15, 0.2) is 0 Å². The highest BCUT2D eigenvalue weighted by Gasteiger charge is 1.83. The first kappa shape index (κ1) is 50.6. The van der Waals surface area contributed by atoms with Gasteiger partial charge in [0.1, 0.15) is 0 Å². The lowest BCUT2D eigenvalue weighted by Crippen LogP contribution is -1.97. The van der Waals surface area contributed by atoms with Crippen LogP contribution >= 0.6 is 0 Å². The molecule has 0 unspecified atom stereocenters. The van der Waals surface area contributed by atoms with Crippen molar-refractivity contribution in [3.8, 4) is 0 Å². The molecule has 0 amide bonds. The van der Waals surface area contributed by atoms with Crippen molar-refractivity contribution >= 4 is 0 Å². The van der Waals surface area contributed by atoms with Crippen molar-refractivity contribution in [2.24, 2.45) is 34.4 Å². The molecule has 0 spiro atoms. The lowest BCUT2D eigenvalue weighted by Gasteiger charge is -1.93. The number of rotatable bonds is 15. The van der Waals surface area contributed by atoms with E-state index in [0.717, 1.165) is 45.7 Å². The summed E-state index contributed by atoms with van der Waals surface area (Å²) in [5, 5.41) is 0. The maximum atomic E-state index is 5.31. The summed E-state index contributed by atoms with van der Waals surface area (Å²) in [7, 11) is 0. The highest BCUT2D eigenvalue weighted by molar-refractivity contribution is 4.41. The van der Waals surface area contributed by atoms with Crippen molar-refractivity contribution in [3.63, 3.8) is 0 Å². The normalized spacial score (nSPS) is 8.47. The molecule has 0 aromatic carbocycles. The Balaban J connectivity index is -0.0000000525. The molecule has 0 saturated carbocycles. The van der Waals surface area contributed by atoms with E-state index in [1.165, 1.54) is 89.9 Å². The van der Waals surface area contributed by atoms with Crippen molar-refractivity contribution < 1.29 is 0 Å². The average molecular weight is 497 g/mol. The molecule has 0 aromatic heterocycles. The van der Waals surface area contributed by atoms with Crippen molar-refractivity contribution in [3.05, 3.63) is 0 Å². The van der Waals surface area contributed by atoms with Gasteiger partial charge in [-0.2, -0.15) is 0 Å². The Bertz CT molecular complexity index is 189. The highest BCUT2D eigenvalue weighted by atomic mass is 14.5. The molecule has 0 aliphatic carbocycles. The molecular formula is C28H76N6. The van der Waals surface area contributed by atoms with Crippen LogP contribution in [0, 0.1) is 0 Å². The van der Waals surface area contributed by atoms with E-state index in [2.05, 4.69) is 34.6 Å². The number of hydrogen-bond acceptors (Lipinski definition) is 6. The van der Waals surface area contributed by atoms with Gasteiger partial charge in [0.15, 0.2) is 0 Å². The van der Waals surface area contributed by atoms with Crippen LogP contribution < -0.4 is 34.4 Å². The van der Waals surface area contributed by atoms with Crippen LogP contribution in [0.4, 0.5) is 0 Å². The lowest BCUT2D eigenvalue weighted by atomic mass is 10.2. The number of hydrogen-bond donors (Lipinski definition) is 6. The fraction of sp³-hybridized carbons (Fsp3) is 1.00. The smallest absolute Gasteiger partial charge is 0.00773 e. The molecule has 0 atom stereocenters. The molecule has 0 aliphatic rings. The van der Waals surface area contributed by atoms with E-state index < -0.39 is 0 Å². The van der Waals surface area contributed by atoms with Crippen LogP contribution in [0.3, 0.4) is 0 Å².